The summed E-state index contributed by atoms with van der Waals surface area (Å²) in [5, 5.41) is 8.93. The molecule has 0 bridgehead atoms. The third kappa shape index (κ3) is 4.61. The molecule has 6 nitrogen and oxygen atoms in total. The molecule has 128 valence electrons. The van der Waals surface area contributed by atoms with Gasteiger partial charge in [-0.05, 0) is 43.3 Å². The van der Waals surface area contributed by atoms with Gasteiger partial charge in [0, 0.05) is 0 Å². The quantitative estimate of drug-likeness (QED) is 0.644. The number of aliphatic hydroxyl groups excluding tert-OH is 1. The van der Waals surface area contributed by atoms with Gasteiger partial charge in [0.05, 0.1) is 0 Å². The summed E-state index contributed by atoms with van der Waals surface area (Å²) in [5.74, 6) is 4.31. The molecule has 0 amide bonds. The summed E-state index contributed by atoms with van der Waals surface area (Å²) in [7, 11) is 0. The number of hydrogen-bond donors (Lipinski definition) is 1. The van der Waals surface area contributed by atoms with Crippen LogP contribution in [0.3, 0.4) is 0 Å². The number of aliphatic hydroxyl groups is 1. The number of aryl methyl sites for hydroxylation is 1. The number of rotatable bonds is 9. The molecule has 3 rings (SSSR count). The highest BCUT2D eigenvalue weighted by atomic mass is 16.5. The molecule has 0 aromatic carbocycles. The summed E-state index contributed by atoms with van der Waals surface area (Å²) < 4.78 is 27.5. The lowest BCUT2D eigenvalue weighted by molar-refractivity contribution is 0.0647. The Bertz CT molecular complexity index is 751. The van der Waals surface area contributed by atoms with Gasteiger partial charge in [-0.3, -0.25) is 0 Å². The van der Waals surface area contributed by atoms with Gasteiger partial charge < -0.3 is 27.8 Å². The van der Waals surface area contributed by atoms with Gasteiger partial charge in [0.2, 0.25) is 0 Å². The van der Waals surface area contributed by atoms with Crippen molar-refractivity contribution in [1.82, 2.24) is 0 Å². The lowest BCUT2D eigenvalue weighted by Gasteiger charge is -2.01. The fourth-order valence-corrected chi connectivity index (χ4v) is 2.23. The number of ether oxygens (including phenoxy) is 2. The molecule has 0 radical (unpaired) electrons. The first-order chi connectivity index (χ1) is 11.7. The molecule has 0 spiro atoms. The second kappa shape index (κ2) is 8.01. The maximum absolute atomic E-state index is 8.93. The molecule has 0 aliphatic carbocycles. The van der Waals surface area contributed by atoms with Crippen molar-refractivity contribution in [2.75, 3.05) is 0 Å². The monoisotopic (exact) mass is 332 g/mol. The maximum atomic E-state index is 8.93. The highest BCUT2D eigenvalue weighted by molar-refractivity contribution is 5.07. The summed E-state index contributed by atoms with van der Waals surface area (Å²) >= 11 is 0. The number of furan rings is 3. The van der Waals surface area contributed by atoms with Crippen LogP contribution >= 0.6 is 0 Å². The van der Waals surface area contributed by atoms with Crippen molar-refractivity contribution in [2.45, 2.75) is 40.0 Å². The summed E-state index contributed by atoms with van der Waals surface area (Å²) in [5.41, 5.74) is 0. The molecule has 0 atom stereocenters. The minimum Gasteiger partial charge on any atom is -0.464 e. The van der Waals surface area contributed by atoms with E-state index in [1.807, 2.05) is 31.2 Å². The van der Waals surface area contributed by atoms with E-state index in [0.717, 1.165) is 23.0 Å². The first kappa shape index (κ1) is 16.6. The molecule has 0 saturated heterocycles. The summed E-state index contributed by atoms with van der Waals surface area (Å²) in [4.78, 5) is 0. The van der Waals surface area contributed by atoms with Crippen molar-refractivity contribution in [3.8, 4) is 0 Å². The molecule has 0 aliphatic heterocycles. The summed E-state index contributed by atoms with van der Waals surface area (Å²) in [6.07, 6.45) is 0. The molecule has 0 aliphatic rings. The van der Waals surface area contributed by atoms with Gasteiger partial charge in [-0.25, -0.2) is 0 Å². The Balaban J connectivity index is 1.38. The lowest BCUT2D eigenvalue weighted by atomic mass is 10.4. The second-order valence-corrected chi connectivity index (χ2v) is 5.39. The minimum absolute atomic E-state index is 0.112. The predicted molar refractivity (Wildman–Crippen MR) is 83.8 cm³/mol. The fourth-order valence-electron chi connectivity index (χ4n) is 2.23. The fraction of sp³-hybridized carbons (Fsp3) is 0.333. The van der Waals surface area contributed by atoms with Gasteiger partial charge in [0.15, 0.2) is 0 Å². The summed E-state index contributed by atoms with van der Waals surface area (Å²) in [6.45, 7) is 3.23. The van der Waals surface area contributed by atoms with Crippen LogP contribution in [0.1, 0.15) is 34.6 Å². The normalized spacial score (nSPS) is 11.2. The average molecular weight is 332 g/mol. The maximum Gasteiger partial charge on any atom is 0.130 e. The van der Waals surface area contributed by atoms with E-state index in [1.54, 1.807) is 12.1 Å². The van der Waals surface area contributed by atoms with Crippen LogP contribution in [-0.2, 0) is 42.5 Å². The standard InChI is InChI=1S/C18H20O6/c1-13-2-3-15(22-13)9-20-11-17-6-7-18(24-17)12-21-10-16-5-4-14(8-19)23-16/h2-7,19H,8-12H2,1H3. The molecule has 0 fully saturated rings. The Kier molecular flexibility index (Phi) is 5.53. The third-order valence-electron chi connectivity index (χ3n) is 3.36. The van der Waals surface area contributed by atoms with Crippen LogP contribution < -0.4 is 0 Å². The zero-order valence-corrected chi connectivity index (χ0v) is 13.5. The Morgan fingerprint density at radius 3 is 1.50 bits per heavy atom. The molecule has 1 N–H and O–H groups in total. The Labute approximate surface area is 139 Å². The molecule has 3 aromatic rings. The highest BCUT2D eigenvalue weighted by Gasteiger charge is 2.06. The van der Waals surface area contributed by atoms with Gasteiger partial charge in [-0.1, -0.05) is 0 Å². The van der Waals surface area contributed by atoms with Crippen LogP contribution in [0.4, 0.5) is 0 Å². The molecule has 0 saturated carbocycles. The van der Waals surface area contributed by atoms with Crippen LogP contribution in [0.15, 0.2) is 49.6 Å². The minimum atomic E-state index is -0.112. The van der Waals surface area contributed by atoms with Crippen molar-refractivity contribution in [3.05, 3.63) is 71.0 Å². The summed E-state index contributed by atoms with van der Waals surface area (Å²) in [6, 6.07) is 11.0. The van der Waals surface area contributed by atoms with Gasteiger partial charge in [0.25, 0.3) is 0 Å². The van der Waals surface area contributed by atoms with E-state index in [9.17, 15) is 0 Å². The van der Waals surface area contributed by atoms with Crippen LogP contribution in [0.2, 0.25) is 0 Å². The molecule has 3 aromatic heterocycles. The Hall–Kier alpha value is -2.28. The first-order valence-electron chi connectivity index (χ1n) is 7.70. The predicted octanol–water partition coefficient (Wildman–Crippen LogP) is 3.70. The molecule has 6 heteroatoms. The molecular formula is C18H20O6. The van der Waals surface area contributed by atoms with E-state index in [-0.39, 0.29) is 6.61 Å². The van der Waals surface area contributed by atoms with Crippen LogP contribution in [0.25, 0.3) is 0 Å². The van der Waals surface area contributed by atoms with Gasteiger partial charge in [0.1, 0.15) is 67.6 Å². The molecular weight excluding hydrogens is 312 g/mol. The SMILES string of the molecule is Cc1ccc(COCc2ccc(COCc3ccc(CO)o3)o2)o1. The van der Waals surface area contributed by atoms with E-state index < -0.39 is 0 Å². The van der Waals surface area contributed by atoms with E-state index in [0.29, 0.717) is 37.9 Å². The van der Waals surface area contributed by atoms with E-state index >= 15 is 0 Å². The van der Waals surface area contributed by atoms with Gasteiger partial charge >= 0.3 is 0 Å². The largest absolute Gasteiger partial charge is 0.464 e. The molecule has 0 unspecified atom stereocenters. The van der Waals surface area contributed by atoms with E-state index in [2.05, 4.69) is 0 Å². The smallest absolute Gasteiger partial charge is 0.130 e. The topological polar surface area (TPSA) is 78.1 Å². The van der Waals surface area contributed by atoms with Crippen LogP contribution in [0, 0.1) is 6.92 Å². The third-order valence-corrected chi connectivity index (χ3v) is 3.36. The van der Waals surface area contributed by atoms with Crippen molar-refractivity contribution < 1.29 is 27.8 Å². The van der Waals surface area contributed by atoms with Crippen molar-refractivity contribution >= 4 is 0 Å². The van der Waals surface area contributed by atoms with Gasteiger partial charge in [-0.15, -0.1) is 0 Å². The zero-order valence-electron chi connectivity index (χ0n) is 13.5. The highest BCUT2D eigenvalue weighted by Crippen LogP contribution is 2.14. The van der Waals surface area contributed by atoms with Crippen molar-refractivity contribution in [3.63, 3.8) is 0 Å². The van der Waals surface area contributed by atoms with Crippen LogP contribution in [0.5, 0.6) is 0 Å². The first-order valence-corrected chi connectivity index (χ1v) is 7.70. The average Bonchev–Trinajstić information content (AvgIpc) is 3.30. The van der Waals surface area contributed by atoms with E-state index in [4.69, 9.17) is 27.8 Å². The molecule has 3 heterocycles. The zero-order chi connectivity index (χ0) is 16.8. The van der Waals surface area contributed by atoms with Crippen molar-refractivity contribution in [2.24, 2.45) is 0 Å². The Morgan fingerprint density at radius 1 is 0.667 bits per heavy atom. The lowest BCUT2D eigenvalue weighted by Crippen LogP contribution is -1.93. The second-order valence-electron chi connectivity index (χ2n) is 5.39. The Morgan fingerprint density at radius 2 is 1.08 bits per heavy atom. The van der Waals surface area contributed by atoms with Crippen LogP contribution in [-0.4, -0.2) is 5.11 Å². The van der Waals surface area contributed by atoms with Gasteiger partial charge in [-0.2, -0.15) is 0 Å². The molecule has 24 heavy (non-hydrogen) atoms. The number of hydrogen-bond acceptors (Lipinski definition) is 6. The van der Waals surface area contributed by atoms with E-state index in [1.165, 1.54) is 0 Å². The van der Waals surface area contributed by atoms with Crippen molar-refractivity contribution in [1.29, 1.82) is 0 Å².